The number of aryl methyl sites for hydroxylation is 1. The fourth-order valence-electron chi connectivity index (χ4n) is 2.27. The van der Waals surface area contributed by atoms with Crippen molar-refractivity contribution in [1.29, 1.82) is 0 Å². The molecule has 0 radical (unpaired) electrons. The van der Waals surface area contributed by atoms with Crippen molar-refractivity contribution in [2.45, 2.75) is 6.92 Å². The molecule has 0 aliphatic rings. The van der Waals surface area contributed by atoms with Gasteiger partial charge in [-0.15, -0.1) is 0 Å². The summed E-state index contributed by atoms with van der Waals surface area (Å²) in [4.78, 5) is 28.5. The van der Waals surface area contributed by atoms with E-state index in [1.165, 1.54) is 18.4 Å². The highest BCUT2D eigenvalue weighted by molar-refractivity contribution is 7.20. The van der Waals surface area contributed by atoms with E-state index in [1.54, 1.807) is 12.1 Å². The van der Waals surface area contributed by atoms with Crippen molar-refractivity contribution in [1.82, 2.24) is 4.98 Å². The van der Waals surface area contributed by atoms with Crippen LogP contribution in [0.3, 0.4) is 0 Å². The minimum atomic E-state index is -0.595. The summed E-state index contributed by atoms with van der Waals surface area (Å²) in [5.74, 6) is -0.261. The Labute approximate surface area is 154 Å². The fraction of sp³-hybridized carbons (Fsp3) is 0.105. The lowest BCUT2D eigenvalue weighted by Crippen LogP contribution is -2.11. The molecule has 0 fully saturated rings. The largest absolute Gasteiger partial charge is 0.453 e. The van der Waals surface area contributed by atoms with Crippen molar-refractivity contribution in [3.8, 4) is 11.3 Å². The van der Waals surface area contributed by atoms with Crippen LogP contribution in [0.15, 0.2) is 54.6 Å². The molecular weight excluding hydrogens is 350 g/mol. The molecule has 2 aromatic carbocycles. The smallest absolute Gasteiger partial charge is 0.412 e. The monoisotopic (exact) mass is 367 g/mol. The number of benzene rings is 2. The van der Waals surface area contributed by atoms with Crippen LogP contribution in [0.25, 0.3) is 11.3 Å². The predicted molar refractivity (Wildman–Crippen MR) is 103 cm³/mol. The summed E-state index contributed by atoms with van der Waals surface area (Å²) in [6, 6.07) is 16.7. The minimum Gasteiger partial charge on any atom is -0.453 e. The lowest BCUT2D eigenvalue weighted by molar-refractivity contribution is 0.102. The zero-order valence-corrected chi connectivity index (χ0v) is 15.1. The summed E-state index contributed by atoms with van der Waals surface area (Å²) < 4.78 is 4.66. The van der Waals surface area contributed by atoms with E-state index >= 15 is 0 Å². The van der Waals surface area contributed by atoms with E-state index in [0.29, 0.717) is 21.4 Å². The average Bonchev–Trinajstić information content (AvgIpc) is 3.05. The van der Waals surface area contributed by atoms with Gasteiger partial charge in [-0.1, -0.05) is 59.4 Å². The van der Waals surface area contributed by atoms with Crippen LogP contribution in [-0.4, -0.2) is 24.1 Å². The molecule has 132 valence electrons. The van der Waals surface area contributed by atoms with E-state index in [2.05, 4.69) is 20.4 Å². The third-order valence-corrected chi connectivity index (χ3v) is 4.50. The number of methoxy groups -OCH3 is 1. The van der Waals surface area contributed by atoms with Crippen LogP contribution in [0.2, 0.25) is 0 Å². The molecule has 1 aromatic heterocycles. The molecule has 0 aliphatic heterocycles. The van der Waals surface area contributed by atoms with Gasteiger partial charge in [-0.3, -0.25) is 15.4 Å². The van der Waals surface area contributed by atoms with Gasteiger partial charge < -0.3 is 4.74 Å². The van der Waals surface area contributed by atoms with E-state index < -0.39 is 6.09 Å². The Hall–Kier alpha value is -3.19. The maximum Gasteiger partial charge on any atom is 0.412 e. The first-order valence-corrected chi connectivity index (χ1v) is 8.67. The van der Waals surface area contributed by atoms with Gasteiger partial charge >= 0.3 is 6.09 Å². The van der Waals surface area contributed by atoms with Gasteiger partial charge in [-0.05, 0) is 19.1 Å². The molecule has 0 aliphatic carbocycles. The number of nitrogens with zero attached hydrogens (tertiary/aromatic N) is 1. The highest BCUT2D eigenvalue weighted by Gasteiger charge is 2.17. The average molecular weight is 367 g/mol. The molecule has 6 nitrogen and oxygen atoms in total. The van der Waals surface area contributed by atoms with Crippen molar-refractivity contribution in [3.05, 3.63) is 65.7 Å². The standard InChI is InChI=1S/C19H17N3O3S/c1-12-8-10-14(11-9-12)16(23)21-18-20-15(13-6-4-3-5-7-13)17(26-18)22-19(24)25-2/h3-11H,1-2H3,(H,22,24)(H,20,21,23). The SMILES string of the molecule is COC(=O)Nc1sc(NC(=O)c2ccc(C)cc2)nc1-c1ccccc1. The molecule has 3 rings (SSSR count). The molecular formula is C19H17N3O3S. The molecule has 1 heterocycles. The molecule has 3 aromatic rings. The Morgan fingerprint density at radius 1 is 1.00 bits per heavy atom. The number of hydrogen-bond acceptors (Lipinski definition) is 5. The number of amides is 2. The van der Waals surface area contributed by atoms with Gasteiger partial charge in [-0.2, -0.15) is 0 Å². The first kappa shape index (κ1) is 17.6. The topological polar surface area (TPSA) is 80.3 Å². The second-order valence-electron chi connectivity index (χ2n) is 5.50. The van der Waals surface area contributed by atoms with Crippen LogP contribution in [-0.2, 0) is 4.74 Å². The number of carbonyl (C=O) groups is 2. The first-order valence-electron chi connectivity index (χ1n) is 7.86. The zero-order chi connectivity index (χ0) is 18.5. The quantitative estimate of drug-likeness (QED) is 0.709. The van der Waals surface area contributed by atoms with E-state index in [-0.39, 0.29) is 5.91 Å². The van der Waals surface area contributed by atoms with Gasteiger partial charge in [0.15, 0.2) is 5.13 Å². The molecule has 7 heteroatoms. The summed E-state index contributed by atoms with van der Waals surface area (Å²) in [5, 5.41) is 6.31. The number of carbonyl (C=O) groups excluding carboxylic acids is 2. The Bertz CT molecular complexity index is 921. The summed E-state index contributed by atoms with van der Waals surface area (Å²) in [5.41, 5.74) is 3.01. The summed E-state index contributed by atoms with van der Waals surface area (Å²) >= 11 is 1.17. The normalized spacial score (nSPS) is 10.2. The third kappa shape index (κ3) is 4.07. The number of hydrogen-bond donors (Lipinski definition) is 2. The number of rotatable bonds is 4. The second kappa shape index (κ2) is 7.79. The highest BCUT2D eigenvalue weighted by atomic mass is 32.1. The molecule has 2 amide bonds. The molecule has 0 atom stereocenters. The number of nitrogens with one attached hydrogen (secondary N) is 2. The highest BCUT2D eigenvalue weighted by Crippen LogP contribution is 2.36. The van der Waals surface area contributed by atoms with Crippen LogP contribution in [0.4, 0.5) is 14.9 Å². The van der Waals surface area contributed by atoms with E-state index in [9.17, 15) is 9.59 Å². The van der Waals surface area contributed by atoms with Gasteiger partial charge in [0.25, 0.3) is 5.91 Å². The molecule has 2 N–H and O–H groups in total. The van der Waals surface area contributed by atoms with E-state index in [4.69, 9.17) is 0 Å². The Morgan fingerprint density at radius 3 is 2.35 bits per heavy atom. The molecule has 26 heavy (non-hydrogen) atoms. The van der Waals surface area contributed by atoms with Gasteiger partial charge in [0, 0.05) is 11.1 Å². The molecule has 0 spiro atoms. The van der Waals surface area contributed by atoms with Gasteiger partial charge in [-0.25, -0.2) is 9.78 Å². The first-order chi connectivity index (χ1) is 12.6. The fourth-order valence-corrected chi connectivity index (χ4v) is 3.14. The number of ether oxygens (including phenoxy) is 1. The summed E-state index contributed by atoms with van der Waals surface area (Å²) in [7, 11) is 1.29. The maximum atomic E-state index is 12.4. The van der Waals surface area contributed by atoms with Gasteiger partial charge in [0.2, 0.25) is 0 Å². The van der Waals surface area contributed by atoms with Crippen molar-refractivity contribution >= 4 is 33.5 Å². The van der Waals surface area contributed by atoms with Crippen molar-refractivity contribution in [3.63, 3.8) is 0 Å². The van der Waals surface area contributed by atoms with Crippen LogP contribution in [0.1, 0.15) is 15.9 Å². The second-order valence-corrected chi connectivity index (χ2v) is 6.50. The third-order valence-electron chi connectivity index (χ3n) is 3.61. The summed E-state index contributed by atoms with van der Waals surface area (Å²) in [6.45, 7) is 1.96. The van der Waals surface area contributed by atoms with Crippen molar-refractivity contribution < 1.29 is 14.3 Å². The maximum absolute atomic E-state index is 12.4. The van der Waals surface area contributed by atoms with Crippen molar-refractivity contribution in [2.75, 3.05) is 17.7 Å². The zero-order valence-electron chi connectivity index (χ0n) is 14.3. The Morgan fingerprint density at radius 2 is 1.69 bits per heavy atom. The van der Waals surface area contributed by atoms with Gasteiger partial charge in [0.1, 0.15) is 10.7 Å². The Balaban J connectivity index is 1.89. The number of anilines is 2. The van der Waals surface area contributed by atoms with Crippen LogP contribution < -0.4 is 10.6 Å². The number of aromatic nitrogens is 1. The lowest BCUT2D eigenvalue weighted by atomic mass is 10.1. The van der Waals surface area contributed by atoms with Crippen LogP contribution in [0.5, 0.6) is 0 Å². The van der Waals surface area contributed by atoms with E-state index in [0.717, 1.165) is 11.1 Å². The molecule has 0 saturated carbocycles. The van der Waals surface area contributed by atoms with Crippen LogP contribution >= 0.6 is 11.3 Å². The molecule has 0 unspecified atom stereocenters. The Kier molecular flexibility index (Phi) is 5.28. The lowest BCUT2D eigenvalue weighted by Gasteiger charge is -2.03. The molecule has 0 bridgehead atoms. The number of thiazole rings is 1. The van der Waals surface area contributed by atoms with Crippen LogP contribution in [0, 0.1) is 6.92 Å². The molecule has 0 saturated heterocycles. The predicted octanol–water partition coefficient (Wildman–Crippen LogP) is 4.55. The van der Waals surface area contributed by atoms with Gasteiger partial charge in [0.05, 0.1) is 7.11 Å². The van der Waals surface area contributed by atoms with Crippen molar-refractivity contribution in [2.24, 2.45) is 0 Å². The minimum absolute atomic E-state index is 0.261. The van der Waals surface area contributed by atoms with E-state index in [1.807, 2.05) is 49.4 Å². The summed E-state index contributed by atoms with van der Waals surface area (Å²) in [6.07, 6.45) is -0.595.